The van der Waals surface area contributed by atoms with Gasteiger partial charge in [-0.15, -0.1) is 6.58 Å². The Hall–Kier alpha value is -3.75. The van der Waals surface area contributed by atoms with Gasteiger partial charge in [0.2, 0.25) is 0 Å². The Kier molecular flexibility index (Phi) is 7.65. The third kappa shape index (κ3) is 6.18. The van der Waals surface area contributed by atoms with Crippen LogP contribution < -0.4 is 21.1 Å². The fourth-order valence-electron chi connectivity index (χ4n) is 3.66. The number of aryl methyl sites for hydroxylation is 1. The number of nitrogens with zero attached hydrogens (tertiary/aromatic N) is 1. The number of rotatable bonds is 6. The number of carbonyl (C=O) groups is 2. The number of ether oxygens (including phenoxy) is 3. The van der Waals surface area contributed by atoms with Crippen LogP contribution in [0.3, 0.4) is 0 Å². The lowest BCUT2D eigenvalue weighted by Crippen LogP contribution is -2.35. The fraction of sp³-hybridized carbons (Fsp3) is 0.400. The number of nitrogens with one attached hydrogen (secondary N) is 2. The van der Waals surface area contributed by atoms with Crippen molar-refractivity contribution in [1.29, 1.82) is 0 Å². The zero-order valence-electron chi connectivity index (χ0n) is 20.1. The van der Waals surface area contributed by atoms with Gasteiger partial charge in [-0.1, -0.05) is 12.1 Å². The van der Waals surface area contributed by atoms with E-state index in [0.29, 0.717) is 35.8 Å². The normalized spacial score (nSPS) is 13.6. The van der Waals surface area contributed by atoms with Crippen molar-refractivity contribution >= 4 is 23.6 Å². The summed E-state index contributed by atoms with van der Waals surface area (Å²) in [4.78, 5) is 28.8. The highest BCUT2D eigenvalue weighted by Crippen LogP contribution is 2.40. The molecule has 9 nitrogen and oxygen atoms in total. The van der Waals surface area contributed by atoms with Gasteiger partial charge in [0.05, 0.1) is 31.1 Å². The first-order valence-corrected chi connectivity index (χ1v) is 11.1. The van der Waals surface area contributed by atoms with Crippen LogP contribution in [-0.4, -0.2) is 36.5 Å². The lowest BCUT2D eigenvalue weighted by atomic mass is 9.96. The third-order valence-electron chi connectivity index (χ3n) is 5.09. The molecule has 182 valence electrons. The number of amides is 2. The summed E-state index contributed by atoms with van der Waals surface area (Å²) in [6.45, 7) is 9.83. The van der Waals surface area contributed by atoms with Crippen molar-refractivity contribution in [3.05, 3.63) is 48.3 Å². The number of methoxy groups -OCH3 is 1. The number of nitrogen functional groups attached to an aromatic ring is 1. The smallest absolute Gasteiger partial charge is 0.411 e. The second kappa shape index (κ2) is 10.5. The lowest BCUT2D eigenvalue weighted by Gasteiger charge is -2.26. The van der Waals surface area contributed by atoms with Crippen LogP contribution in [0, 0.1) is 0 Å². The van der Waals surface area contributed by atoms with Crippen molar-refractivity contribution in [3.8, 4) is 16.9 Å². The topological polar surface area (TPSA) is 125 Å². The number of aromatic nitrogens is 1. The molecule has 3 rings (SSSR count). The first-order chi connectivity index (χ1) is 16.1. The molecule has 0 bridgehead atoms. The lowest BCUT2D eigenvalue weighted by molar-refractivity contribution is 0.0502. The standard InChI is InChI=1S/C25H32N4O5/c1-6-8-19(29-24(31)34-25(2,3)4)21-14-17(22-20(28-21)9-7-12-33-22)16-11-10-15(13-18(16)26)27-23(30)32-5/h6,10-11,13-14,19H,1,7-9,12,26H2,2-5H3,(H,27,30)(H,29,31)/t19-/m0/s1. The largest absolute Gasteiger partial charge is 0.491 e. The van der Waals surface area contributed by atoms with Gasteiger partial charge in [0.1, 0.15) is 11.4 Å². The summed E-state index contributed by atoms with van der Waals surface area (Å²) in [5.41, 5.74) is 9.64. The summed E-state index contributed by atoms with van der Waals surface area (Å²) in [6.07, 6.45) is 2.65. The summed E-state index contributed by atoms with van der Waals surface area (Å²) in [5.74, 6) is 0.671. The maximum atomic E-state index is 12.5. The summed E-state index contributed by atoms with van der Waals surface area (Å²) < 4.78 is 16.1. The van der Waals surface area contributed by atoms with Gasteiger partial charge in [0.15, 0.2) is 0 Å². The van der Waals surface area contributed by atoms with Crippen molar-refractivity contribution in [2.75, 3.05) is 24.8 Å². The molecule has 0 spiro atoms. The van der Waals surface area contributed by atoms with Crippen LogP contribution in [0.15, 0.2) is 36.9 Å². The second-order valence-electron chi connectivity index (χ2n) is 8.96. The van der Waals surface area contributed by atoms with Crippen molar-refractivity contribution in [2.45, 2.75) is 51.7 Å². The van der Waals surface area contributed by atoms with Crippen LogP contribution in [0.4, 0.5) is 21.0 Å². The predicted molar refractivity (Wildman–Crippen MR) is 131 cm³/mol. The highest BCUT2D eigenvalue weighted by molar-refractivity contribution is 5.89. The minimum absolute atomic E-state index is 0.445. The van der Waals surface area contributed by atoms with Crippen LogP contribution in [-0.2, 0) is 15.9 Å². The van der Waals surface area contributed by atoms with Crippen molar-refractivity contribution in [3.63, 3.8) is 0 Å². The number of nitrogens with two attached hydrogens (primary N) is 1. The minimum Gasteiger partial charge on any atom is -0.491 e. The van der Waals surface area contributed by atoms with Crippen LogP contribution >= 0.6 is 0 Å². The Bertz CT molecular complexity index is 1080. The highest BCUT2D eigenvalue weighted by atomic mass is 16.6. The van der Waals surface area contributed by atoms with E-state index in [9.17, 15) is 9.59 Å². The first kappa shape index (κ1) is 24.9. The predicted octanol–water partition coefficient (Wildman–Crippen LogP) is 4.98. The Balaban J connectivity index is 2.02. The van der Waals surface area contributed by atoms with E-state index in [1.807, 2.05) is 32.9 Å². The van der Waals surface area contributed by atoms with E-state index in [4.69, 9.17) is 20.2 Å². The van der Waals surface area contributed by atoms with Crippen LogP contribution in [0.1, 0.15) is 51.0 Å². The average Bonchev–Trinajstić information content (AvgIpc) is 2.77. The summed E-state index contributed by atoms with van der Waals surface area (Å²) in [6, 6.07) is 6.62. The molecule has 0 unspecified atom stereocenters. The quantitative estimate of drug-likeness (QED) is 0.403. The van der Waals surface area contributed by atoms with Gasteiger partial charge in [-0.05, 0) is 58.2 Å². The van der Waals surface area contributed by atoms with Crippen LogP contribution in [0.5, 0.6) is 5.75 Å². The van der Waals surface area contributed by atoms with E-state index in [1.165, 1.54) is 7.11 Å². The molecular formula is C25H32N4O5. The molecule has 2 heterocycles. The average molecular weight is 469 g/mol. The SMILES string of the molecule is C=CC[C@H](NC(=O)OC(C)(C)C)c1cc(-c2ccc(NC(=O)OC)cc2N)c2c(n1)CCCO2. The molecule has 2 amide bonds. The number of hydrogen-bond donors (Lipinski definition) is 3. The van der Waals surface area contributed by atoms with Gasteiger partial charge in [-0.2, -0.15) is 0 Å². The molecule has 0 fully saturated rings. The molecule has 1 aromatic heterocycles. The molecule has 0 saturated heterocycles. The third-order valence-corrected chi connectivity index (χ3v) is 5.09. The monoisotopic (exact) mass is 468 g/mol. The van der Waals surface area contributed by atoms with Gasteiger partial charge < -0.3 is 25.3 Å². The first-order valence-electron chi connectivity index (χ1n) is 11.1. The molecule has 9 heteroatoms. The van der Waals surface area contributed by atoms with Gasteiger partial charge in [-0.3, -0.25) is 10.3 Å². The highest BCUT2D eigenvalue weighted by Gasteiger charge is 2.25. The molecule has 0 radical (unpaired) electrons. The molecule has 1 aromatic carbocycles. The Morgan fingerprint density at radius 2 is 2.03 bits per heavy atom. The number of alkyl carbamates (subject to hydrolysis) is 1. The van der Waals surface area contributed by atoms with Crippen molar-refractivity contribution in [2.24, 2.45) is 0 Å². The maximum Gasteiger partial charge on any atom is 0.411 e. The number of benzene rings is 1. The van der Waals surface area contributed by atoms with E-state index >= 15 is 0 Å². The Morgan fingerprint density at radius 1 is 1.26 bits per heavy atom. The molecule has 0 saturated carbocycles. The van der Waals surface area contributed by atoms with Crippen molar-refractivity contribution in [1.82, 2.24) is 10.3 Å². The molecule has 2 aromatic rings. The molecule has 4 N–H and O–H groups in total. The van der Waals surface area contributed by atoms with Crippen LogP contribution in [0.2, 0.25) is 0 Å². The second-order valence-corrected chi connectivity index (χ2v) is 8.96. The van der Waals surface area contributed by atoms with E-state index in [0.717, 1.165) is 29.7 Å². The fourth-order valence-corrected chi connectivity index (χ4v) is 3.66. The van der Waals surface area contributed by atoms with Crippen LogP contribution in [0.25, 0.3) is 11.1 Å². The van der Waals surface area contributed by atoms with Gasteiger partial charge in [0.25, 0.3) is 0 Å². The number of hydrogen-bond acceptors (Lipinski definition) is 7. The molecule has 1 aliphatic heterocycles. The van der Waals surface area contributed by atoms with Crippen molar-refractivity contribution < 1.29 is 23.8 Å². The molecular weight excluding hydrogens is 436 g/mol. The molecule has 1 atom stereocenters. The summed E-state index contributed by atoms with van der Waals surface area (Å²) in [5, 5.41) is 5.50. The Morgan fingerprint density at radius 3 is 2.68 bits per heavy atom. The summed E-state index contributed by atoms with van der Waals surface area (Å²) in [7, 11) is 1.29. The van der Waals surface area contributed by atoms with E-state index < -0.39 is 23.8 Å². The van der Waals surface area contributed by atoms with Gasteiger partial charge in [0, 0.05) is 22.5 Å². The molecule has 0 aliphatic carbocycles. The summed E-state index contributed by atoms with van der Waals surface area (Å²) >= 11 is 0. The maximum absolute atomic E-state index is 12.5. The van der Waals surface area contributed by atoms with E-state index in [1.54, 1.807) is 18.2 Å². The van der Waals surface area contributed by atoms with Gasteiger partial charge in [-0.25, -0.2) is 9.59 Å². The number of pyridine rings is 1. The van der Waals surface area contributed by atoms with E-state index in [2.05, 4.69) is 21.9 Å². The zero-order valence-corrected chi connectivity index (χ0v) is 20.1. The molecule has 34 heavy (non-hydrogen) atoms. The number of anilines is 2. The minimum atomic E-state index is -0.625. The number of fused-ring (bicyclic) bond motifs is 1. The van der Waals surface area contributed by atoms with Gasteiger partial charge >= 0.3 is 12.2 Å². The Labute approximate surface area is 199 Å². The van der Waals surface area contributed by atoms with E-state index in [-0.39, 0.29) is 0 Å². The zero-order chi connectivity index (χ0) is 24.9. The number of carbonyl (C=O) groups excluding carboxylic acids is 2. The molecule has 1 aliphatic rings.